The molecule has 0 saturated heterocycles. The Morgan fingerprint density at radius 1 is 0.356 bits per heavy atom. The van der Waals surface area contributed by atoms with Gasteiger partial charge in [0.15, 0.2) is 6.10 Å². The van der Waals surface area contributed by atoms with E-state index in [1.165, 1.54) is 0 Å². The number of allylic oxidation sites excluding steroid dienone is 24. The van der Waals surface area contributed by atoms with E-state index in [0.717, 1.165) is 89.9 Å². The molecule has 0 aromatic heterocycles. The van der Waals surface area contributed by atoms with Gasteiger partial charge in [-0.15, -0.1) is 0 Å². The second-order valence-corrected chi connectivity index (χ2v) is 13.9. The molecule has 0 amide bonds. The average molecular weight is 811 g/mol. The third-order valence-corrected chi connectivity index (χ3v) is 8.45. The minimum atomic E-state index is -0.848. The van der Waals surface area contributed by atoms with Crippen molar-refractivity contribution in [2.45, 2.75) is 155 Å². The highest BCUT2D eigenvalue weighted by Gasteiger charge is 2.19. The smallest absolute Gasteiger partial charge is 0.306 e. The molecule has 6 heteroatoms. The Kier molecular flexibility index (Phi) is 42.3. The summed E-state index contributed by atoms with van der Waals surface area (Å²) in [6.45, 7) is 6.09. The van der Waals surface area contributed by atoms with Gasteiger partial charge in [-0.25, -0.2) is 0 Å². The van der Waals surface area contributed by atoms with Gasteiger partial charge in [0.1, 0.15) is 13.2 Å². The topological polar surface area (TPSA) is 78.9 Å². The molecule has 0 rings (SSSR count). The third-order valence-electron chi connectivity index (χ3n) is 8.45. The largest absolute Gasteiger partial charge is 0.462 e. The molecule has 0 N–H and O–H groups in total. The number of carbonyl (C=O) groups is 3. The van der Waals surface area contributed by atoms with E-state index >= 15 is 0 Å². The maximum absolute atomic E-state index is 12.7. The molecule has 0 aliphatic rings. The van der Waals surface area contributed by atoms with Gasteiger partial charge < -0.3 is 14.2 Å². The van der Waals surface area contributed by atoms with Gasteiger partial charge >= 0.3 is 17.9 Å². The predicted octanol–water partition coefficient (Wildman–Crippen LogP) is 14.5. The maximum atomic E-state index is 12.7. The molecule has 0 aromatic carbocycles. The summed E-state index contributed by atoms with van der Waals surface area (Å²) in [5.41, 5.74) is 0. The molecule has 326 valence electrons. The molecule has 0 fully saturated rings. The second kappa shape index (κ2) is 46.0. The monoisotopic (exact) mass is 811 g/mol. The third kappa shape index (κ3) is 44.2. The fraction of sp³-hybridized carbons (Fsp3) is 0.491. The maximum Gasteiger partial charge on any atom is 0.306 e. The van der Waals surface area contributed by atoms with Crippen LogP contribution < -0.4 is 0 Å². The van der Waals surface area contributed by atoms with E-state index in [0.29, 0.717) is 25.7 Å². The van der Waals surface area contributed by atoms with Crippen molar-refractivity contribution in [3.63, 3.8) is 0 Å². The van der Waals surface area contributed by atoms with E-state index in [1.54, 1.807) is 0 Å². The molecule has 0 bridgehead atoms. The van der Waals surface area contributed by atoms with Crippen LogP contribution in [0.1, 0.15) is 149 Å². The summed E-state index contributed by atoms with van der Waals surface area (Å²) in [5.74, 6) is -1.11. The molecular formula is C53H78O6. The van der Waals surface area contributed by atoms with Crippen molar-refractivity contribution in [1.29, 1.82) is 0 Å². The number of ether oxygens (including phenoxy) is 3. The summed E-state index contributed by atoms with van der Waals surface area (Å²) in [6.07, 6.45) is 65.6. The van der Waals surface area contributed by atoms with E-state index in [2.05, 4.69) is 112 Å². The lowest BCUT2D eigenvalue weighted by Gasteiger charge is -2.18. The molecular weight excluding hydrogens is 733 g/mol. The van der Waals surface area contributed by atoms with Crippen LogP contribution in [0.2, 0.25) is 0 Å². The summed E-state index contributed by atoms with van der Waals surface area (Å²) in [7, 11) is 0. The lowest BCUT2D eigenvalue weighted by Crippen LogP contribution is -2.30. The highest BCUT2D eigenvalue weighted by Crippen LogP contribution is 2.09. The minimum Gasteiger partial charge on any atom is -0.462 e. The molecule has 0 aliphatic carbocycles. The molecule has 6 nitrogen and oxygen atoms in total. The summed E-state index contributed by atoms with van der Waals surface area (Å²) < 4.78 is 16.6. The van der Waals surface area contributed by atoms with Crippen LogP contribution in [0.4, 0.5) is 0 Å². The molecule has 0 radical (unpaired) electrons. The number of rotatable bonds is 37. The average Bonchev–Trinajstić information content (AvgIpc) is 3.23. The second-order valence-electron chi connectivity index (χ2n) is 13.9. The first kappa shape index (κ1) is 54.3. The first-order valence-electron chi connectivity index (χ1n) is 22.4. The summed E-state index contributed by atoms with van der Waals surface area (Å²) in [6, 6.07) is 0. The van der Waals surface area contributed by atoms with Crippen LogP contribution >= 0.6 is 0 Å². The summed E-state index contributed by atoms with van der Waals surface area (Å²) in [4.78, 5) is 37.7. The Morgan fingerprint density at radius 3 is 1.19 bits per heavy atom. The number of hydrogen-bond donors (Lipinski definition) is 0. The van der Waals surface area contributed by atoms with Crippen LogP contribution in [0.15, 0.2) is 146 Å². The van der Waals surface area contributed by atoms with Gasteiger partial charge in [-0.1, -0.05) is 173 Å². The van der Waals surface area contributed by atoms with Gasteiger partial charge in [-0.3, -0.25) is 14.4 Å². The molecule has 0 heterocycles. The zero-order valence-corrected chi connectivity index (χ0v) is 36.9. The first-order valence-corrected chi connectivity index (χ1v) is 22.4. The van der Waals surface area contributed by atoms with Gasteiger partial charge in [0.25, 0.3) is 0 Å². The minimum absolute atomic E-state index is 0.143. The van der Waals surface area contributed by atoms with Crippen LogP contribution in [-0.4, -0.2) is 37.2 Å². The Morgan fingerprint density at radius 2 is 0.712 bits per heavy atom. The van der Waals surface area contributed by atoms with E-state index < -0.39 is 12.1 Å². The first-order chi connectivity index (χ1) is 29.0. The van der Waals surface area contributed by atoms with Crippen LogP contribution in [0.25, 0.3) is 0 Å². The van der Waals surface area contributed by atoms with Crippen molar-refractivity contribution in [3.05, 3.63) is 146 Å². The zero-order chi connectivity index (χ0) is 43.0. The van der Waals surface area contributed by atoms with E-state index in [1.807, 2.05) is 54.7 Å². The standard InChI is InChI=1S/C53H78O6/c1-4-7-10-13-16-19-22-25-26-27-29-31-34-37-40-43-46-52(55)58-49-50(48-57-51(54)45-42-39-36-33-30-24-21-18-15-12-9-6-3)59-53(56)47-44-41-38-35-32-28-23-20-17-14-11-8-5-2/h7-12,14,16-21,23,25-26,28-33,35,38,50H,4-6,13,15,22,24,27,34,36-37,39-49H2,1-3H3/b10-7-,11-8-,12-9-,17-14-,19-16-,21-18-,23-20-,26-25-,31-29-,32-28-,33-30-,38-35-. The fourth-order valence-corrected chi connectivity index (χ4v) is 5.18. The normalized spacial score (nSPS) is 13.5. The Hall–Kier alpha value is -4.71. The number of esters is 3. The molecule has 1 atom stereocenters. The highest BCUT2D eigenvalue weighted by molar-refractivity contribution is 5.71. The van der Waals surface area contributed by atoms with E-state index in [4.69, 9.17) is 14.2 Å². The summed E-state index contributed by atoms with van der Waals surface area (Å²) >= 11 is 0. The number of carbonyl (C=O) groups excluding carboxylic acids is 3. The van der Waals surface area contributed by atoms with Crippen LogP contribution in [0, 0.1) is 0 Å². The van der Waals surface area contributed by atoms with Gasteiger partial charge in [-0.05, 0) is 103 Å². The molecule has 0 spiro atoms. The van der Waals surface area contributed by atoms with Gasteiger partial charge in [-0.2, -0.15) is 0 Å². The summed E-state index contributed by atoms with van der Waals surface area (Å²) in [5, 5.41) is 0. The molecule has 0 aromatic rings. The molecule has 0 saturated carbocycles. The Balaban J connectivity index is 4.64. The predicted molar refractivity (Wildman–Crippen MR) is 251 cm³/mol. The Bertz CT molecular complexity index is 1390. The lowest BCUT2D eigenvalue weighted by molar-refractivity contribution is -0.167. The van der Waals surface area contributed by atoms with E-state index in [9.17, 15) is 14.4 Å². The van der Waals surface area contributed by atoms with E-state index in [-0.39, 0.29) is 38.0 Å². The fourth-order valence-electron chi connectivity index (χ4n) is 5.18. The quantitative estimate of drug-likeness (QED) is 0.0204. The van der Waals surface area contributed by atoms with Crippen LogP contribution in [0.5, 0.6) is 0 Å². The van der Waals surface area contributed by atoms with Crippen molar-refractivity contribution in [3.8, 4) is 0 Å². The van der Waals surface area contributed by atoms with Crippen molar-refractivity contribution in [2.75, 3.05) is 13.2 Å². The van der Waals surface area contributed by atoms with Gasteiger partial charge in [0.05, 0.1) is 0 Å². The van der Waals surface area contributed by atoms with Gasteiger partial charge in [0.2, 0.25) is 0 Å². The van der Waals surface area contributed by atoms with Crippen molar-refractivity contribution >= 4 is 17.9 Å². The highest BCUT2D eigenvalue weighted by atomic mass is 16.6. The van der Waals surface area contributed by atoms with Crippen molar-refractivity contribution < 1.29 is 28.6 Å². The zero-order valence-electron chi connectivity index (χ0n) is 36.9. The SMILES string of the molecule is CC\C=C/C=C\C=C/C=C\C=C/CCCC(=O)OC(COC(=O)CCCC/C=C\C/C=C\C/C=C\CC)COC(=O)CCCCC/C=C\C/C=C\C/C=C\C/C=C\CC. The molecule has 59 heavy (non-hydrogen) atoms. The van der Waals surface area contributed by atoms with Crippen molar-refractivity contribution in [2.24, 2.45) is 0 Å². The Labute approximate surface area is 359 Å². The molecule has 1 unspecified atom stereocenters. The van der Waals surface area contributed by atoms with Crippen molar-refractivity contribution in [1.82, 2.24) is 0 Å². The van der Waals surface area contributed by atoms with Gasteiger partial charge in [0, 0.05) is 19.3 Å². The number of hydrogen-bond acceptors (Lipinski definition) is 6. The van der Waals surface area contributed by atoms with Crippen LogP contribution in [0.3, 0.4) is 0 Å². The number of unbranched alkanes of at least 4 members (excludes halogenated alkanes) is 6. The lowest BCUT2D eigenvalue weighted by atomic mass is 10.1. The molecule has 0 aliphatic heterocycles. The van der Waals surface area contributed by atoms with Crippen LogP contribution in [-0.2, 0) is 28.6 Å².